The number of nitrogens with zero attached hydrogens (tertiary/aromatic N) is 2. The second-order valence-corrected chi connectivity index (χ2v) is 16.1. The van der Waals surface area contributed by atoms with Crippen LogP contribution in [0.15, 0.2) is 101 Å². The van der Waals surface area contributed by atoms with Crippen molar-refractivity contribution >= 4 is 25.8 Å². The number of nitrogens with two attached hydrogens (primary N) is 1. The van der Waals surface area contributed by atoms with Gasteiger partial charge >= 0.3 is 6.09 Å². The standard InChI is InChI=1S/C35H37F2N3O6S2/c1-47(42,43)32-19-28(20-33(21-32)48(2,44)45)34(38)40(35(41)46-23-25-6-4-3-5-7-25)15-14-39-22-26-10-13-30(37)17-27(26)18-31(39)16-24-8-11-29(36)12-9-24/h3-13,17,19-21,31,34H,14-16,18,22-23,38H2,1-2H3. The molecule has 0 aliphatic carbocycles. The summed E-state index contributed by atoms with van der Waals surface area (Å²) in [5.74, 6) is -0.699. The van der Waals surface area contributed by atoms with Gasteiger partial charge in [-0.2, -0.15) is 0 Å². The lowest BCUT2D eigenvalue weighted by atomic mass is 9.90. The molecule has 0 saturated heterocycles. The summed E-state index contributed by atoms with van der Waals surface area (Å²) in [5, 5.41) is 0. The molecule has 1 aliphatic rings. The number of amides is 1. The third-order valence-electron chi connectivity index (χ3n) is 8.40. The number of carbonyl (C=O) groups excluding carboxylic acids is 1. The SMILES string of the molecule is CS(=O)(=O)c1cc(C(N)N(CCN2Cc3ccc(F)cc3CC2Cc2ccc(F)cc2)C(=O)OCc2ccccc2)cc(S(C)(=O)=O)c1. The summed E-state index contributed by atoms with van der Waals surface area (Å²) in [5.41, 5.74) is 10.2. The maximum Gasteiger partial charge on any atom is 0.411 e. The van der Waals surface area contributed by atoms with Crippen molar-refractivity contribution in [2.75, 3.05) is 25.6 Å². The molecule has 1 amide bonds. The van der Waals surface area contributed by atoms with E-state index < -0.39 is 31.9 Å². The fraction of sp³-hybridized carbons (Fsp3) is 0.286. The molecule has 5 rings (SSSR count). The van der Waals surface area contributed by atoms with Crippen LogP contribution in [0.25, 0.3) is 0 Å². The summed E-state index contributed by atoms with van der Waals surface area (Å²) in [6, 6.07) is 23.3. The molecule has 1 heterocycles. The van der Waals surface area contributed by atoms with Crippen molar-refractivity contribution in [3.8, 4) is 0 Å². The van der Waals surface area contributed by atoms with Gasteiger partial charge in [0.15, 0.2) is 19.7 Å². The number of rotatable bonds is 11. The number of halogens is 2. The lowest BCUT2D eigenvalue weighted by molar-refractivity contribution is 0.0688. The molecule has 0 bridgehead atoms. The molecule has 48 heavy (non-hydrogen) atoms. The molecule has 2 N–H and O–H groups in total. The Morgan fingerprint density at radius 2 is 1.48 bits per heavy atom. The van der Waals surface area contributed by atoms with Crippen molar-refractivity contribution in [2.24, 2.45) is 5.73 Å². The first kappa shape index (κ1) is 35.1. The Morgan fingerprint density at radius 3 is 2.10 bits per heavy atom. The van der Waals surface area contributed by atoms with E-state index in [4.69, 9.17) is 10.5 Å². The van der Waals surface area contributed by atoms with Crippen LogP contribution in [0.2, 0.25) is 0 Å². The second-order valence-electron chi connectivity index (χ2n) is 12.0. The molecule has 4 aromatic carbocycles. The Morgan fingerprint density at radius 1 is 0.854 bits per heavy atom. The number of fused-ring (bicyclic) bond motifs is 1. The lowest BCUT2D eigenvalue weighted by Gasteiger charge is -2.39. The summed E-state index contributed by atoms with van der Waals surface area (Å²) in [7, 11) is -7.70. The third kappa shape index (κ3) is 8.84. The molecule has 13 heteroatoms. The third-order valence-corrected chi connectivity index (χ3v) is 10.6. The molecule has 0 saturated carbocycles. The molecule has 9 nitrogen and oxygen atoms in total. The topological polar surface area (TPSA) is 127 Å². The molecular formula is C35H37F2N3O6S2. The minimum atomic E-state index is -3.85. The highest BCUT2D eigenvalue weighted by Crippen LogP contribution is 2.29. The first-order chi connectivity index (χ1) is 22.7. The zero-order valence-electron chi connectivity index (χ0n) is 26.6. The zero-order chi connectivity index (χ0) is 34.6. The first-order valence-corrected chi connectivity index (χ1v) is 19.0. The van der Waals surface area contributed by atoms with Crippen LogP contribution in [0, 0.1) is 11.6 Å². The van der Waals surface area contributed by atoms with Crippen molar-refractivity contribution in [3.05, 3.63) is 130 Å². The molecule has 2 unspecified atom stereocenters. The van der Waals surface area contributed by atoms with Crippen LogP contribution in [0.1, 0.15) is 34.0 Å². The van der Waals surface area contributed by atoms with Gasteiger partial charge in [-0.15, -0.1) is 0 Å². The second kappa shape index (κ2) is 14.5. The van der Waals surface area contributed by atoms with Crippen LogP contribution in [0.4, 0.5) is 13.6 Å². The van der Waals surface area contributed by atoms with Crippen molar-refractivity contribution in [2.45, 2.75) is 48.0 Å². The van der Waals surface area contributed by atoms with Gasteiger partial charge in [-0.25, -0.2) is 30.4 Å². The van der Waals surface area contributed by atoms with Gasteiger partial charge in [0, 0.05) is 38.2 Å². The van der Waals surface area contributed by atoms with Gasteiger partial charge in [0.05, 0.1) is 9.79 Å². The van der Waals surface area contributed by atoms with E-state index in [0.717, 1.165) is 40.8 Å². The van der Waals surface area contributed by atoms with Gasteiger partial charge in [-0.05, 0) is 83.1 Å². The predicted molar refractivity (Wildman–Crippen MR) is 177 cm³/mol. The van der Waals surface area contributed by atoms with Gasteiger partial charge in [0.2, 0.25) is 0 Å². The van der Waals surface area contributed by atoms with Gasteiger partial charge in [-0.3, -0.25) is 9.80 Å². The van der Waals surface area contributed by atoms with E-state index >= 15 is 0 Å². The number of hydrogen-bond donors (Lipinski definition) is 1. The van der Waals surface area contributed by atoms with E-state index in [2.05, 4.69) is 4.90 Å². The van der Waals surface area contributed by atoms with Crippen LogP contribution in [-0.2, 0) is 50.4 Å². The highest BCUT2D eigenvalue weighted by atomic mass is 32.2. The van der Waals surface area contributed by atoms with E-state index in [0.29, 0.717) is 19.4 Å². The summed E-state index contributed by atoms with van der Waals surface area (Å²) in [4.78, 5) is 16.6. The van der Waals surface area contributed by atoms with Gasteiger partial charge < -0.3 is 10.5 Å². The molecule has 254 valence electrons. The number of benzene rings is 4. The van der Waals surface area contributed by atoms with Crippen molar-refractivity contribution in [1.82, 2.24) is 9.80 Å². The average molecular weight is 698 g/mol. The normalized spacial score (nSPS) is 15.8. The molecule has 2 atom stereocenters. The van der Waals surface area contributed by atoms with Gasteiger partial charge in [0.25, 0.3) is 0 Å². The van der Waals surface area contributed by atoms with E-state index in [1.54, 1.807) is 42.5 Å². The summed E-state index contributed by atoms with van der Waals surface area (Å²) in [6.07, 6.45) is 0.870. The summed E-state index contributed by atoms with van der Waals surface area (Å²) < 4.78 is 83.5. The van der Waals surface area contributed by atoms with Crippen LogP contribution < -0.4 is 5.73 Å². The van der Waals surface area contributed by atoms with Gasteiger partial charge in [-0.1, -0.05) is 48.5 Å². The van der Waals surface area contributed by atoms with E-state index in [-0.39, 0.29) is 52.7 Å². The molecule has 0 fully saturated rings. The summed E-state index contributed by atoms with van der Waals surface area (Å²) >= 11 is 0. The van der Waals surface area contributed by atoms with Crippen molar-refractivity contribution in [3.63, 3.8) is 0 Å². The minimum absolute atomic E-state index is 0.0164. The maximum atomic E-state index is 14.2. The monoisotopic (exact) mass is 697 g/mol. The molecule has 4 aromatic rings. The largest absolute Gasteiger partial charge is 0.444 e. The fourth-order valence-corrected chi connectivity index (χ4v) is 7.24. The van der Waals surface area contributed by atoms with Crippen molar-refractivity contribution in [1.29, 1.82) is 0 Å². The van der Waals surface area contributed by atoms with Crippen LogP contribution in [-0.4, -0.2) is 64.4 Å². The fourth-order valence-electron chi connectivity index (χ4n) is 5.78. The Balaban J connectivity index is 1.47. The Labute approximate surface area is 279 Å². The van der Waals surface area contributed by atoms with E-state index in [1.165, 1.54) is 41.3 Å². The summed E-state index contributed by atoms with van der Waals surface area (Å²) in [6.45, 7) is 0.673. The molecule has 0 aromatic heterocycles. The number of sulfone groups is 2. The van der Waals surface area contributed by atoms with Crippen molar-refractivity contribution < 1.29 is 35.1 Å². The van der Waals surface area contributed by atoms with E-state index in [9.17, 15) is 30.4 Å². The Hall–Kier alpha value is -4.17. The van der Waals surface area contributed by atoms with Gasteiger partial charge in [0.1, 0.15) is 24.4 Å². The predicted octanol–water partition coefficient (Wildman–Crippen LogP) is 5.04. The maximum absolute atomic E-state index is 14.2. The number of ether oxygens (including phenoxy) is 1. The lowest BCUT2D eigenvalue weighted by Crippen LogP contribution is -2.48. The number of carbonyl (C=O) groups is 1. The zero-order valence-corrected chi connectivity index (χ0v) is 28.2. The Bertz CT molecular complexity index is 1940. The van der Waals surface area contributed by atoms with Crippen LogP contribution in [0.3, 0.4) is 0 Å². The molecule has 0 spiro atoms. The van der Waals surface area contributed by atoms with Crippen LogP contribution >= 0.6 is 0 Å². The van der Waals surface area contributed by atoms with Crippen LogP contribution in [0.5, 0.6) is 0 Å². The highest BCUT2D eigenvalue weighted by molar-refractivity contribution is 7.91. The average Bonchev–Trinajstić information content (AvgIpc) is 3.04. The first-order valence-electron chi connectivity index (χ1n) is 15.2. The smallest absolute Gasteiger partial charge is 0.411 e. The number of hydrogen-bond acceptors (Lipinski definition) is 8. The molecule has 1 aliphatic heterocycles. The minimum Gasteiger partial charge on any atom is -0.444 e. The molecule has 0 radical (unpaired) electrons. The molecular weight excluding hydrogens is 661 g/mol. The quantitative estimate of drug-likeness (QED) is 0.216. The highest BCUT2D eigenvalue weighted by Gasteiger charge is 2.31. The van der Waals surface area contributed by atoms with E-state index in [1.807, 2.05) is 6.07 Å². The Kier molecular flexibility index (Phi) is 10.6.